The van der Waals surface area contributed by atoms with E-state index in [0.29, 0.717) is 12.1 Å². The zero-order chi connectivity index (χ0) is 20.1. The highest BCUT2D eigenvalue weighted by Gasteiger charge is 2.25. The Balaban J connectivity index is 1.88. The summed E-state index contributed by atoms with van der Waals surface area (Å²) in [6, 6.07) is 16.4. The average Bonchev–Trinajstić information content (AvgIpc) is 3.10. The van der Waals surface area contributed by atoms with Crippen LogP contribution in [-0.2, 0) is 18.4 Å². The van der Waals surface area contributed by atoms with E-state index >= 15 is 0 Å². The smallest absolute Gasteiger partial charge is 0.224 e. The summed E-state index contributed by atoms with van der Waals surface area (Å²) < 4.78 is 16.3. The molecule has 1 aromatic heterocycles. The average molecular weight is 379 g/mol. The Morgan fingerprint density at radius 1 is 1.11 bits per heavy atom. The second-order valence-corrected chi connectivity index (χ2v) is 7.33. The van der Waals surface area contributed by atoms with Crippen LogP contribution in [0.15, 0.2) is 67.0 Å². The lowest BCUT2D eigenvalue weighted by atomic mass is 9.87. The van der Waals surface area contributed by atoms with E-state index in [-0.39, 0.29) is 30.1 Å². The van der Waals surface area contributed by atoms with Crippen molar-refractivity contribution in [1.29, 1.82) is 0 Å². The summed E-state index contributed by atoms with van der Waals surface area (Å²) in [5.41, 5.74) is 2.46. The van der Waals surface area contributed by atoms with Gasteiger partial charge in [-0.3, -0.25) is 9.48 Å². The van der Waals surface area contributed by atoms with Gasteiger partial charge in [-0.2, -0.15) is 5.10 Å². The van der Waals surface area contributed by atoms with Crippen molar-refractivity contribution in [3.63, 3.8) is 0 Å². The minimum absolute atomic E-state index is 0.00374. The van der Waals surface area contributed by atoms with Gasteiger partial charge in [0.15, 0.2) is 0 Å². The van der Waals surface area contributed by atoms with Gasteiger partial charge in [0.2, 0.25) is 5.91 Å². The van der Waals surface area contributed by atoms with E-state index in [0.717, 1.165) is 11.1 Å². The van der Waals surface area contributed by atoms with Gasteiger partial charge in [-0.1, -0.05) is 48.5 Å². The summed E-state index contributed by atoms with van der Waals surface area (Å²) >= 11 is 0. The van der Waals surface area contributed by atoms with Gasteiger partial charge in [-0.15, -0.1) is 0 Å². The zero-order valence-electron chi connectivity index (χ0n) is 16.5. The monoisotopic (exact) mass is 379 g/mol. The third kappa shape index (κ3) is 4.66. The zero-order valence-corrected chi connectivity index (χ0v) is 16.5. The van der Waals surface area contributed by atoms with E-state index < -0.39 is 0 Å². The van der Waals surface area contributed by atoms with Crippen LogP contribution in [0.2, 0.25) is 0 Å². The predicted octanol–water partition coefficient (Wildman–Crippen LogP) is 4.52. The maximum absolute atomic E-state index is 14.5. The summed E-state index contributed by atoms with van der Waals surface area (Å²) in [4.78, 5) is 15.1. The van der Waals surface area contributed by atoms with E-state index in [1.807, 2.05) is 68.4 Å². The fraction of sp³-hybridized carbons (Fsp3) is 0.304. The molecule has 3 rings (SSSR count). The van der Waals surface area contributed by atoms with Gasteiger partial charge in [0, 0.05) is 43.7 Å². The molecule has 1 unspecified atom stereocenters. The molecule has 0 N–H and O–H groups in total. The molecule has 1 amide bonds. The molecule has 0 radical (unpaired) electrons. The van der Waals surface area contributed by atoms with Crippen LogP contribution in [0.25, 0.3) is 0 Å². The molecule has 0 aliphatic heterocycles. The highest BCUT2D eigenvalue weighted by atomic mass is 19.1. The number of amides is 1. The maximum atomic E-state index is 14.5. The van der Waals surface area contributed by atoms with Crippen LogP contribution in [0.3, 0.4) is 0 Å². The van der Waals surface area contributed by atoms with Gasteiger partial charge in [0.05, 0.1) is 6.20 Å². The van der Waals surface area contributed by atoms with Crippen LogP contribution in [0, 0.1) is 5.82 Å². The largest absolute Gasteiger partial charge is 0.336 e. The SMILES string of the molecule is CC(C)N(Cc1cnn(C)c1)C(=O)CC(c1ccccc1)c1ccccc1F. The topological polar surface area (TPSA) is 38.1 Å². The molecule has 0 saturated carbocycles. The van der Waals surface area contributed by atoms with Gasteiger partial charge in [-0.05, 0) is 31.0 Å². The molecule has 28 heavy (non-hydrogen) atoms. The summed E-state index contributed by atoms with van der Waals surface area (Å²) in [5.74, 6) is -0.617. The Bertz CT molecular complexity index is 920. The quantitative estimate of drug-likeness (QED) is 0.605. The third-order valence-corrected chi connectivity index (χ3v) is 4.92. The van der Waals surface area contributed by atoms with Gasteiger partial charge in [0.25, 0.3) is 0 Å². The molecular weight excluding hydrogens is 353 g/mol. The number of carbonyl (C=O) groups excluding carboxylic acids is 1. The minimum atomic E-state index is -0.329. The van der Waals surface area contributed by atoms with Crippen molar-refractivity contribution in [2.75, 3.05) is 0 Å². The van der Waals surface area contributed by atoms with Gasteiger partial charge in [-0.25, -0.2) is 4.39 Å². The molecule has 1 heterocycles. The van der Waals surface area contributed by atoms with Crippen LogP contribution in [0.1, 0.15) is 42.9 Å². The van der Waals surface area contributed by atoms with Crippen molar-refractivity contribution >= 4 is 5.91 Å². The van der Waals surface area contributed by atoms with Crippen molar-refractivity contribution < 1.29 is 9.18 Å². The first-order valence-corrected chi connectivity index (χ1v) is 9.52. The van der Waals surface area contributed by atoms with Crippen molar-refractivity contribution in [2.24, 2.45) is 7.05 Å². The van der Waals surface area contributed by atoms with Crippen LogP contribution in [0.4, 0.5) is 4.39 Å². The molecule has 3 aromatic rings. The molecule has 0 bridgehead atoms. The van der Waals surface area contributed by atoms with Crippen LogP contribution < -0.4 is 0 Å². The normalized spacial score (nSPS) is 12.2. The Morgan fingerprint density at radius 2 is 1.79 bits per heavy atom. The number of hydrogen-bond acceptors (Lipinski definition) is 2. The first-order chi connectivity index (χ1) is 13.5. The number of nitrogens with zero attached hydrogens (tertiary/aromatic N) is 3. The fourth-order valence-corrected chi connectivity index (χ4v) is 3.45. The first kappa shape index (κ1) is 19.8. The van der Waals surface area contributed by atoms with Crippen LogP contribution in [0.5, 0.6) is 0 Å². The Morgan fingerprint density at radius 3 is 2.39 bits per heavy atom. The summed E-state index contributed by atoms with van der Waals surface area (Å²) in [6.45, 7) is 4.48. The van der Waals surface area contributed by atoms with E-state index in [9.17, 15) is 9.18 Å². The van der Waals surface area contributed by atoms with Gasteiger partial charge in [0.1, 0.15) is 5.82 Å². The van der Waals surface area contributed by atoms with Crippen molar-refractivity contribution in [2.45, 2.75) is 38.8 Å². The lowest BCUT2D eigenvalue weighted by Crippen LogP contribution is -2.37. The number of aromatic nitrogens is 2. The van der Waals surface area contributed by atoms with Gasteiger partial charge < -0.3 is 4.90 Å². The van der Waals surface area contributed by atoms with E-state index in [2.05, 4.69) is 5.10 Å². The minimum Gasteiger partial charge on any atom is -0.336 e. The third-order valence-electron chi connectivity index (χ3n) is 4.92. The van der Waals surface area contributed by atoms with Crippen LogP contribution in [-0.4, -0.2) is 26.6 Å². The van der Waals surface area contributed by atoms with E-state index in [4.69, 9.17) is 0 Å². The van der Waals surface area contributed by atoms with Crippen molar-refractivity contribution in [3.8, 4) is 0 Å². The number of benzene rings is 2. The molecule has 0 aliphatic carbocycles. The molecule has 5 heteroatoms. The Hall–Kier alpha value is -2.95. The van der Waals surface area contributed by atoms with Crippen molar-refractivity contribution in [3.05, 3.63) is 89.5 Å². The first-order valence-electron chi connectivity index (χ1n) is 9.52. The lowest BCUT2D eigenvalue weighted by molar-refractivity contribution is -0.133. The number of aryl methyl sites for hydroxylation is 1. The molecule has 0 fully saturated rings. The fourth-order valence-electron chi connectivity index (χ4n) is 3.45. The second kappa shape index (κ2) is 8.83. The Labute approximate surface area is 165 Å². The molecule has 4 nitrogen and oxygen atoms in total. The summed E-state index contributed by atoms with van der Waals surface area (Å²) in [5, 5.41) is 4.19. The predicted molar refractivity (Wildman–Crippen MR) is 108 cm³/mol. The van der Waals surface area contributed by atoms with E-state index in [1.54, 1.807) is 23.0 Å². The van der Waals surface area contributed by atoms with Gasteiger partial charge >= 0.3 is 0 Å². The molecule has 2 aromatic carbocycles. The molecular formula is C23H26FN3O. The number of halogens is 1. The maximum Gasteiger partial charge on any atom is 0.224 e. The standard InChI is InChI=1S/C23H26FN3O/c1-17(2)27(16-18-14-25-26(3)15-18)23(28)13-21(19-9-5-4-6-10-19)20-11-7-8-12-22(20)24/h4-12,14-15,17,21H,13,16H2,1-3H3. The lowest BCUT2D eigenvalue weighted by Gasteiger charge is -2.29. The molecule has 1 atom stereocenters. The summed E-state index contributed by atoms with van der Waals surface area (Å²) in [6.07, 6.45) is 3.89. The number of hydrogen-bond donors (Lipinski definition) is 0. The van der Waals surface area contributed by atoms with Crippen LogP contribution >= 0.6 is 0 Å². The summed E-state index contributed by atoms with van der Waals surface area (Å²) in [7, 11) is 1.86. The Kier molecular flexibility index (Phi) is 6.24. The van der Waals surface area contributed by atoms with E-state index in [1.165, 1.54) is 6.07 Å². The molecule has 0 aliphatic rings. The number of carbonyl (C=O) groups is 1. The second-order valence-electron chi connectivity index (χ2n) is 7.33. The molecule has 0 saturated heterocycles. The highest BCUT2D eigenvalue weighted by Crippen LogP contribution is 2.31. The molecule has 0 spiro atoms. The number of rotatable bonds is 7. The highest BCUT2D eigenvalue weighted by molar-refractivity contribution is 5.78. The molecule has 146 valence electrons. The van der Waals surface area contributed by atoms with Crippen molar-refractivity contribution in [1.82, 2.24) is 14.7 Å².